The summed E-state index contributed by atoms with van der Waals surface area (Å²) in [6.45, 7) is 1.76. The van der Waals surface area contributed by atoms with E-state index in [1.54, 1.807) is 29.9 Å². The number of amides is 1. The first-order valence-corrected chi connectivity index (χ1v) is 12.3. The first-order valence-electron chi connectivity index (χ1n) is 11.4. The molecule has 1 N–H and O–H groups in total. The minimum atomic E-state index is -0.619. The Kier molecular flexibility index (Phi) is 6.82. The maximum Gasteiger partial charge on any atom is 0.411 e. The minimum absolute atomic E-state index is 0.161. The van der Waals surface area contributed by atoms with Crippen LogP contribution in [0.1, 0.15) is 22.8 Å². The topological polar surface area (TPSA) is 113 Å². The van der Waals surface area contributed by atoms with E-state index in [0.717, 1.165) is 10.6 Å². The average molecular weight is 516 g/mol. The summed E-state index contributed by atoms with van der Waals surface area (Å²) in [7, 11) is 0. The molecular weight excluding hydrogens is 494 g/mol. The van der Waals surface area contributed by atoms with Crippen LogP contribution in [0.25, 0.3) is 27.2 Å². The van der Waals surface area contributed by atoms with Gasteiger partial charge in [0.1, 0.15) is 23.4 Å². The van der Waals surface area contributed by atoms with Crippen molar-refractivity contribution in [3.63, 3.8) is 0 Å². The third-order valence-corrected chi connectivity index (χ3v) is 6.30. The molecule has 3 heterocycles. The molecule has 0 bridgehead atoms. The van der Waals surface area contributed by atoms with Gasteiger partial charge in [-0.2, -0.15) is 5.10 Å². The van der Waals surface area contributed by atoms with Crippen LogP contribution >= 0.6 is 11.3 Å². The molecule has 5 aromatic rings. The number of para-hydroxylation sites is 1. The van der Waals surface area contributed by atoms with Gasteiger partial charge >= 0.3 is 17.7 Å². The molecule has 0 aliphatic rings. The van der Waals surface area contributed by atoms with E-state index in [1.165, 1.54) is 23.5 Å². The number of rotatable bonds is 7. The first kappa shape index (κ1) is 24.0. The molecule has 0 radical (unpaired) electrons. The Morgan fingerprint density at radius 1 is 1.05 bits per heavy atom. The second kappa shape index (κ2) is 10.5. The van der Waals surface area contributed by atoms with Gasteiger partial charge in [-0.15, -0.1) is 11.3 Å². The fourth-order valence-corrected chi connectivity index (χ4v) is 4.49. The number of ether oxygens (including phenoxy) is 2. The summed E-state index contributed by atoms with van der Waals surface area (Å²) in [6, 6.07) is 19.3. The lowest BCUT2D eigenvalue weighted by Crippen LogP contribution is -2.13. The highest BCUT2D eigenvalue weighted by Gasteiger charge is 2.21. The van der Waals surface area contributed by atoms with E-state index in [0.29, 0.717) is 27.9 Å². The van der Waals surface area contributed by atoms with Gasteiger partial charge in [0.15, 0.2) is 0 Å². The SMILES string of the molecule is CCOC(=O)Nc1ccc2c(COC(=O)c3cn(-c4ccccc4)nc3-c3cccs3)cc(=O)oc2c1. The Balaban J connectivity index is 1.41. The molecule has 5 rings (SSSR count). The summed E-state index contributed by atoms with van der Waals surface area (Å²) in [5.41, 5.74) is 2.12. The highest BCUT2D eigenvalue weighted by Crippen LogP contribution is 2.29. The highest BCUT2D eigenvalue weighted by atomic mass is 32.1. The molecule has 186 valence electrons. The van der Waals surface area contributed by atoms with Crippen LogP contribution in [0.3, 0.4) is 0 Å². The molecule has 1 amide bonds. The van der Waals surface area contributed by atoms with E-state index in [9.17, 15) is 14.4 Å². The fraction of sp³-hybridized carbons (Fsp3) is 0.111. The maximum atomic E-state index is 13.2. The Hall–Kier alpha value is -4.70. The zero-order valence-corrected chi connectivity index (χ0v) is 20.5. The number of aromatic nitrogens is 2. The van der Waals surface area contributed by atoms with E-state index in [1.807, 2.05) is 47.8 Å². The zero-order valence-electron chi connectivity index (χ0n) is 19.7. The summed E-state index contributed by atoms with van der Waals surface area (Å²) >= 11 is 1.47. The van der Waals surface area contributed by atoms with Crippen LogP contribution in [0.5, 0.6) is 0 Å². The van der Waals surface area contributed by atoms with Crippen molar-refractivity contribution in [2.75, 3.05) is 11.9 Å². The third kappa shape index (κ3) is 5.29. The smallest absolute Gasteiger partial charge is 0.411 e. The standard InChI is InChI=1S/C27H21N3O6S/c1-2-34-27(33)28-18-10-11-20-17(13-24(31)36-22(20)14-18)16-35-26(32)21-15-30(19-7-4-3-5-8-19)29-25(21)23-9-6-12-37-23/h3-15H,2,16H2,1H3,(H,28,33). The summed E-state index contributed by atoms with van der Waals surface area (Å²) in [5, 5.41) is 9.67. The van der Waals surface area contributed by atoms with Gasteiger partial charge in [0.05, 0.1) is 17.2 Å². The van der Waals surface area contributed by atoms with Crippen LogP contribution in [0.2, 0.25) is 0 Å². The van der Waals surface area contributed by atoms with Gasteiger partial charge in [-0.3, -0.25) is 5.32 Å². The fourth-order valence-electron chi connectivity index (χ4n) is 3.76. The molecule has 3 aromatic heterocycles. The summed E-state index contributed by atoms with van der Waals surface area (Å²) in [5.74, 6) is -0.576. The minimum Gasteiger partial charge on any atom is -0.457 e. The molecule has 37 heavy (non-hydrogen) atoms. The van der Waals surface area contributed by atoms with Gasteiger partial charge in [0.25, 0.3) is 0 Å². The quantitative estimate of drug-likeness (QED) is 0.221. The molecule has 0 saturated heterocycles. The zero-order chi connectivity index (χ0) is 25.8. The van der Waals surface area contributed by atoms with Crippen molar-refractivity contribution in [1.29, 1.82) is 0 Å². The second-order valence-electron chi connectivity index (χ2n) is 7.87. The predicted octanol–water partition coefficient (Wildman–Crippen LogP) is 5.63. The van der Waals surface area contributed by atoms with Crippen molar-refractivity contribution in [2.45, 2.75) is 13.5 Å². The number of esters is 1. The molecular formula is C27H21N3O6S. The summed E-state index contributed by atoms with van der Waals surface area (Å²) in [6.07, 6.45) is 1.02. The van der Waals surface area contributed by atoms with Gasteiger partial charge in [-0.1, -0.05) is 24.3 Å². The second-order valence-corrected chi connectivity index (χ2v) is 8.82. The normalized spacial score (nSPS) is 10.8. The van der Waals surface area contributed by atoms with Crippen molar-refractivity contribution < 1.29 is 23.5 Å². The Bertz CT molecular complexity index is 1620. The largest absolute Gasteiger partial charge is 0.457 e. The highest BCUT2D eigenvalue weighted by molar-refractivity contribution is 7.13. The summed E-state index contributed by atoms with van der Waals surface area (Å²) in [4.78, 5) is 37.9. The number of nitrogens with one attached hydrogen (secondary N) is 1. The van der Waals surface area contributed by atoms with E-state index < -0.39 is 17.7 Å². The average Bonchev–Trinajstić information content (AvgIpc) is 3.58. The number of hydrogen-bond donors (Lipinski definition) is 1. The number of carbonyl (C=O) groups excluding carboxylic acids is 2. The molecule has 0 atom stereocenters. The van der Waals surface area contributed by atoms with E-state index >= 15 is 0 Å². The van der Waals surface area contributed by atoms with Crippen LogP contribution in [0.15, 0.2) is 87.5 Å². The lowest BCUT2D eigenvalue weighted by Gasteiger charge is -2.09. The molecule has 0 spiro atoms. The molecule has 9 nitrogen and oxygen atoms in total. The van der Waals surface area contributed by atoms with E-state index in [2.05, 4.69) is 10.4 Å². The molecule has 10 heteroatoms. The van der Waals surface area contributed by atoms with Crippen molar-refractivity contribution in [3.05, 3.63) is 99.9 Å². The van der Waals surface area contributed by atoms with Crippen LogP contribution < -0.4 is 10.9 Å². The number of thiophene rings is 1. The first-order chi connectivity index (χ1) is 18.0. The van der Waals surface area contributed by atoms with Gasteiger partial charge < -0.3 is 13.9 Å². The molecule has 0 aliphatic heterocycles. The Morgan fingerprint density at radius 3 is 2.65 bits per heavy atom. The Labute approximate surface area is 214 Å². The maximum absolute atomic E-state index is 13.2. The lowest BCUT2D eigenvalue weighted by atomic mass is 10.1. The molecule has 2 aromatic carbocycles. The molecule has 0 aliphatic carbocycles. The third-order valence-electron chi connectivity index (χ3n) is 5.42. The van der Waals surface area contributed by atoms with E-state index in [4.69, 9.17) is 13.9 Å². The van der Waals surface area contributed by atoms with Crippen LogP contribution in [0.4, 0.5) is 10.5 Å². The van der Waals surface area contributed by atoms with Crippen molar-refractivity contribution >= 4 is 40.1 Å². The Morgan fingerprint density at radius 2 is 1.89 bits per heavy atom. The van der Waals surface area contributed by atoms with Gasteiger partial charge in [0, 0.05) is 35.0 Å². The number of fused-ring (bicyclic) bond motifs is 1. The van der Waals surface area contributed by atoms with Gasteiger partial charge in [-0.05, 0) is 42.6 Å². The van der Waals surface area contributed by atoms with Crippen LogP contribution in [-0.4, -0.2) is 28.4 Å². The number of anilines is 1. The van der Waals surface area contributed by atoms with Crippen LogP contribution in [-0.2, 0) is 16.1 Å². The van der Waals surface area contributed by atoms with Crippen LogP contribution in [0, 0.1) is 0 Å². The molecule has 0 unspecified atom stereocenters. The number of benzene rings is 2. The molecule has 0 saturated carbocycles. The summed E-state index contributed by atoms with van der Waals surface area (Å²) < 4.78 is 17.4. The number of nitrogens with zero attached hydrogens (tertiary/aromatic N) is 2. The van der Waals surface area contributed by atoms with Crippen molar-refractivity contribution in [2.24, 2.45) is 0 Å². The molecule has 0 fully saturated rings. The monoisotopic (exact) mass is 515 g/mol. The van der Waals surface area contributed by atoms with Crippen molar-refractivity contribution in [3.8, 4) is 16.3 Å². The van der Waals surface area contributed by atoms with E-state index in [-0.39, 0.29) is 18.8 Å². The number of hydrogen-bond acceptors (Lipinski definition) is 8. The van der Waals surface area contributed by atoms with Gasteiger partial charge in [0.2, 0.25) is 0 Å². The lowest BCUT2D eigenvalue weighted by molar-refractivity contribution is 0.0474. The van der Waals surface area contributed by atoms with Gasteiger partial charge in [-0.25, -0.2) is 19.1 Å². The van der Waals surface area contributed by atoms with Crippen molar-refractivity contribution in [1.82, 2.24) is 9.78 Å². The number of carbonyl (C=O) groups is 2. The predicted molar refractivity (Wildman–Crippen MR) is 139 cm³/mol.